The van der Waals surface area contributed by atoms with Crippen molar-refractivity contribution in [1.82, 2.24) is 4.90 Å². The van der Waals surface area contributed by atoms with E-state index < -0.39 is 0 Å². The van der Waals surface area contributed by atoms with Crippen LogP contribution in [-0.4, -0.2) is 29.1 Å². The number of para-hydroxylation sites is 3. The lowest BCUT2D eigenvalue weighted by Gasteiger charge is -2.17. The number of anilines is 1. The van der Waals surface area contributed by atoms with Gasteiger partial charge < -0.3 is 15.0 Å². The molecule has 0 spiro atoms. The van der Waals surface area contributed by atoms with Gasteiger partial charge in [0.25, 0.3) is 0 Å². The van der Waals surface area contributed by atoms with Crippen molar-refractivity contribution in [3.05, 3.63) is 65.7 Å². The third-order valence-corrected chi connectivity index (χ3v) is 4.87. The molecule has 5 nitrogen and oxygen atoms in total. The molecular weight excluding hydrogens is 334 g/mol. The minimum Gasteiger partial charge on any atom is -0.455 e. The first-order valence-electron chi connectivity index (χ1n) is 8.09. The molecule has 1 N–H and O–H groups in total. The summed E-state index contributed by atoms with van der Waals surface area (Å²) in [6.07, 6.45) is 0.325. The van der Waals surface area contributed by atoms with Crippen molar-refractivity contribution in [2.45, 2.75) is 6.42 Å². The van der Waals surface area contributed by atoms with Gasteiger partial charge in [-0.15, -0.1) is 0 Å². The van der Waals surface area contributed by atoms with Crippen molar-refractivity contribution >= 4 is 28.5 Å². The molecule has 2 aliphatic heterocycles. The largest absolute Gasteiger partial charge is 0.455 e. The van der Waals surface area contributed by atoms with Crippen molar-refractivity contribution in [3.63, 3.8) is 0 Å². The molecule has 1 amide bonds. The summed E-state index contributed by atoms with van der Waals surface area (Å²) in [4.78, 5) is 19.0. The fraction of sp³-hybridized carbons (Fsp3) is 0.158. The SMILES string of the molecule is O=C(CC1=CSC2=NCCN12)Nc1ccccc1Oc1ccccc1. The highest BCUT2D eigenvalue weighted by Crippen LogP contribution is 2.32. The molecule has 0 unspecified atom stereocenters. The van der Waals surface area contributed by atoms with Gasteiger partial charge in [-0.2, -0.15) is 0 Å². The highest BCUT2D eigenvalue weighted by Gasteiger charge is 2.27. The normalized spacial score (nSPS) is 15.4. The number of thioether (sulfide) groups is 1. The Morgan fingerprint density at radius 3 is 2.84 bits per heavy atom. The summed E-state index contributed by atoms with van der Waals surface area (Å²) in [6.45, 7) is 1.66. The van der Waals surface area contributed by atoms with Crippen LogP contribution in [0, 0.1) is 0 Å². The zero-order chi connectivity index (χ0) is 17.1. The predicted octanol–water partition coefficient (Wildman–Crippen LogP) is 4.07. The Morgan fingerprint density at radius 1 is 1.16 bits per heavy atom. The van der Waals surface area contributed by atoms with E-state index in [2.05, 4.69) is 15.2 Å². The van der Waals surface area contributed by atoms with Gasteiger partial charge in [0.15, 0.2) is 10.9 Å². The van der Waals surface area contributed by atoms with E-state index in [1.807, 2.05) is 60.0 Å². The first-order chi connectivity index (χ1) is 12.3. The van der Waals surface area contributed by atoms with E-state index in [1.165, 1.54) is 0 Å². The number of amidine groups is 1. The average Bonchev–Trinajstić information content (AvgIpc) is 3.23. The number of amides is 1. The van der Waals surface area contributed by atoms with Crippen molar-refractivity contribution in [3.8, 4) is 11.5 Å². The Hall–Kier alpha value is -2.73. The van der Waals surface area contributed by atoms with Crippen molar-refractivity contribution in [1.29, 1.82) is 0 Å². The number of benzene rings is 2. The molecule has 0 atom stereocenters. The fourth-order valence-electron chi connectivity index (χ4n) is 2.75. The van der Waals surface area contributed by atoms with Crippen LogP contribution in [0.3, 0.4) is 0 Å². The lowest BCUT2D eigenvalue weighted by Crippen LogP contribution is -2.24. The quantitative estimate of drug-likeness (QED) is 0.882. The van der Waals surface area contributed by atoms with Crippen LogP contribution in [0.25, 0.3) is 0 Å². The maximum atomic E-state index is 12.5. The molecule has 2 aliphatic rings. The third kappa shape index (κ3) is 3.53. The first-order valence-corrected chi connectivity index (χ1v) is 8.97. The number of hydrogen-bond acceptors (Lipinski definition) is 5. The summed E-state index contributed by atoms with van der Waals surface area (Å²) >= 11 is 1.58. The minimum atomic E-state index is -0.0656. The van der Waals surface area contributed by atoms with Crippen molar-refractivity contribution in [2.24, 2.45) is 4.99 Å². The number of nitrogens with zero attached hydrogens (tertiary/aromatic N) is 2. The molecular formula is C19H17N3O2S. The number of carbonyl (C=O) groups excluding carboxylic acids is 1. The lowest BCUT2D eigenvalue weighted by molar-refractivity contribution is -0.115. The van der Waals surface area contributed by atoms with E-state index in [1.54, 1.807) is 11.8 Å². The van der Waals surface area contributed by atoms with Gasteiger partial charge in [-0.25, -0.2) is 0 Å². The average molecular weight is 351 g/mol. The molecule has 2 heterocycles. The van der Waals surface area contributed by atoms with Crippen LogP contribution in [0.5, 0.6) is 11.5 Å². The number of aliphatic imine (C=N–C) groups is 1. The Balaban J connectivity index is 1.44. The number of fused-ring (bicyclic) bond motifs is 1. The smallest absolute Gasteiger partial charge is 0.230 e. The zero-order valence-corrected chi connectivity index (χ0v) is 14.3. The van der Waals surface area contributed by atoms with Gasteiger partial charge in [0, 0.05) is 12.2 Å². The second kappa shape index (κ2) is 7.03. The minimum absolute atomic E-state index is 0.0656. The number of rotatable bonds is 5. The van der Waals surface area contributed by atoms with Gasteiger partial charge in [0.05, 0.1) is 18.7 Å². The second-order valence-corrected chi connectivity index (χ2v) is 6.52. The Morgan fingerprint density at radius 2 is 1.96 bits per heavy atom. The molecule has 6 heteroatoms. The highest BCUT2D eigenvalue weighted by atomic mass is 32.2. The van der Waals surface area contributed by atoms with Gasteiger partial charge in [0.1, 0.15) is 5.75 Å². The molecule has 0 saturated carbocycles. The van der Waals surface area contributed by atoms with Gasteiger partial charge in [0.2, 0.25) is 5.91 Å². The molecule has 25 heavy (non-hydrogen) atoms. The van der Waals surface area contributed by atoms with Crippen LogP contribution in [0.15, 0.2) is 70.7 Å². The van der Waals surface area contributed by atoms with Crippen LogP contribution in [0.4, 0.5) is 5.69 Å². The molecule has 0 aliphatic carbocycles. The molecule has 0 bridgehead atoms. The summed E-state index contributed by atoms with van der Waals surface area (Å²) < 4.78 is 5.89. The van der Waals surface area contributed by atoms with Gasteiger partial charge in [-0.05, 0) is 29.7 Å². The van der Waals surface area contributed by atoms with E-state index in [-0.39, 0.29) is 5.91 Å². The zero-order valence-electron chi connectivity index (χ0n) is 13.5. The second-order valence-electron chi connectivity index (χ2n) is 5.68. The predicted molar refractivity (Wildman–Crippen MR) is 101 cm³/mol. The molecule has 0 fully saturated rings. The van der Waals surface area contributed by atoms with E-state index in [0.717, 1.165) is 29.7 Å². The van der Waals surface area contributed by atoms with E-state index in [9.17, 15) is 4.79 Å². The maximum absolute atomic E-state index is 12.5. The molecule has 0 saturated heterocycles. The van der Waals surface area contributed by atoms with E-state index in [4.69, 9.17) is 4.74 Å². The standard InChI is InChI=1S/C19H17N3O2S/c23-18(12-14-13-25-19-20-10-11-22(14)19)21-16-8-4-5-9-17(16)24-15-6-2-1-3-7-15/h1-9,13H,10-12H2,(H,21,23). The maximum Gasteiger partial charge on any atom is 0.230 e. The Bertz CT molecular complexity index is 849. The number of carbonyl (C=O) groups is 1. The summed E-state index contributed by atoms with van der Waals surface area (Å²) in [7, 11) is 0. The topological polar surface area (TPSA) is 53.9 Å². The van der Waals surface area contributed by atoms with Crippen LogP contribution in [0.2, 0.25) is 0 Å². The Kier molecular flexibility index (Phi) is 4.43. The summed E-state index contributed by atoms with van der Waals surface area (Å²) in [6, 6.07) is 17.0. The fourth-order valence-corrected chi connectivity index (χ4v) is 3.70. The van der Waals surface area contributed by atoms with Crippen LogP contribution >= 0.6 is 11.8 Å². The number of hydrogen-bond donors (Lipinski definition) is 1. The van der Waals surface area contributed by atoms with Gasteiger partial charge in [-0.1, -0.05) is 42.1 Å². The van der Waals surface area contributed by atoms with E-state index >= 15 is 0 Å². The van der Waals surface area contributed by atoms with Crippen LogP contribution in [0.1, 0.15) is 6.42 Å². The molecule has 0 radical (unpaired) electrons. The van der Waals surface area contributed by atoms with Crippen LogP contribution in [-0.2, 0) is 4.79 Å². The van der Waals surface area contributed by atoms with Crippen molar-refractivity contribution in [2.75, 3.05) is 18.4 Å². The Labute approximate surface area is 150 Å². The van der Waals surface area contributed by atoms with E-state index in [0.29, 0.717) is 17.9 Å². The summed E-state index contributed by atoms with van der Waals surface area (Å²) in [5.41, 5.74) is 1.66. The van der Waals surface area contributed by atoms with Crippen molar-refractivity contribution < 1.29 is 9.53 Å². The molecule has 4 rings (SSSR count). The molecule has 126 valence electrons. The monoisotopic (exact) mass is 351 g/mol. The number of nitrogens with one attached hydrogen (secondary N) is 1. The molecule has 2 aromatic carbocycles. The lowest BCUT2D eigenvalue weighted by atomic mass is 10.2. The molecule has 2 aromatic rings. The first kappa shape index (κ1) is 15.8. The molecule has 0 aromatic heterocycles. The third-order valence-electron chi connectivity index (χ3n) is 3.92. The van der Waals surface area contributed by atoms with Crippen LogP contribution < -0.4 is 10.1 Å². The summed E-state index contributed by atoms with van der Waals surface area (Å²) in [5.74, 6) is 1.29. The summed E-state index contributed by atoms with van der Waals surface area (Å²) in [5, 5.41) is 5.96. The number of ether oxygens (including phenoxy) is 1. The van der Waals surface area contributed by atoms with Gasteiger partial charge >= 0.3 is 0 Å². The highest BCUT2D eigenvalue weighted by molar-refractivity contribution is 8.16. The van der Waals surface area contributed by atoms with Gasteiger partial charge in [-0.3, -0.25) is 9.79 Å².